The highest BCUT2D eigenvalue weighted by Gasteiger charge is 2.42. The van der Waals surface area contributed by atoms with Gasteiger partial charge < -0.3 is 14.2 Å². The lowest BCUT2D eigenvalue weighted by molar-refractivity contribution is -0.118. The minimum absolute atomic E-state index is 0.00906. The number of amides is 1. The molecule has 1 aliphatic rings. The summed E-state index contributed by atoms with van der Waals surface area (Å²) in [4.78, 5) is 53.0. The van der Waals surface area contributed by atoms with Gasteiger partial charge in [-0.3, -0.25) is 38.9 Å². The zero-order valence-corrected chi connectivity index (χ0v) is 26.2. The number of aromatic nitrogens is 4. The zero-order valence-electron chi connectivity index (χ0n) is 24.4. The van der Waals surface area contributed by atoms with E-state index >= 15 is 0 Å². The Labute approximate surface area is 244 Å². The number of hydrogen-bond acceptors (Lipinski definition) is 12. The largest absolute Gasteiger partial charge is 0.400 e. The van der Waals surface area contributed by atoms with Gasteiger partial charge in [0, 0.05) is 24.4 Å². The summed E-state index contributed by atoms with van der Waals surface area (Å²) in [5.74, 6) is -0.750. The van der Waals surface area contributed by atoms with Gasteiger partial charge in [-0.05, 0) is 27.7 Å². The fourth-order valence-corrected chi connectivity index (χ4v) is 6.14. The maximum absolute atomic E-state index is 12.6. The molecule has 0 radical (unpaired) electrons. The number of nitrogens with two attached hydrogens (primary N) is 1. The van der Waals surface area contributed by atoms with Crippen LogP contribution in [0.25, 0.3) is 11.2 Å². The number of carbonyl (C=O) groups excluding carboxylic acids is 1. The van der Waals surface area contributed by atoms with Crippen LogP contribution in [0.2, 0.25) is 0 Å². The Morgan fingerprint density at radius 1 is 1.40 bits per heavy atom. The quantitative estimate of drug-likeness (QED) is 0.108. The van der Waals surface area contributed by atoms with Gasteiger partial charge in [0.25, 0.3) is 5.56 Å². The third kappa shape index (κ3) is 9.32. The molecule has 1 aliphatic heterocycles. The molecule has 6 N–H and O–H groups in total. The number of H-pyrrole nitrogens is 1. The fourth-order valence-electron chi connectivity index (χ4n) is 3.90. The molecule has 1 saturated heterocycles. The van der Waals surface area contributed by atoms with Crippen molar-refractivity contribution in [2.24, 2.45) is 11.4 Å². The molecule has 5 unspecified atom stereocenters. The second-order valence-electron chi connectivity index (χ2n) is 10.4. The van der Waals surface area contributed by atoms with Gasteiger partial charge in [0.15, 0.2) is 11.2 Å². The van der Waals surface area contributed by atoms with Crippen molar-refractivity contribution in [2.45, 2.75) is 84.9 Å². The lowest BCUT2D eigenvalue weighted by Gasteiger charge is -2.34. The Morgan fingerprint density at radius 3 is 2.71 bits per heavy atom. The number of nitriles is 1. The van der Waals surface area contributed by atoms with Crippen molar-refractivity contribution >= 4 is 39.2 Å². The van der Waals surface area contributed by atoms with Crippen molar-refractivity contribution in [3.63, 3.8) is 0 Å². The lowest BCUT2D eigenvalue weighted by Crippen LogP contribution is -2.36. The summed E-state index contributed by atoms with van der Waals surface area (Å²) >= 11 is 0. The van der Waals surface area contributed by atoms with E-state index in [-0.39, 0.29) is 67.1 Å². The van der Waals surface area contributed by atoms with Gasteiger partial charge in [-0.15, -0.1) is 4.83 Å². The molecule has 1 amide bonds. The molecule has 17 nitrogen and oxygen atoms in total. The number of anilines is 1. The van der Waals surface area contributed by atoms with Gasteiger partial charge in [0.05, 0.1) is 32.0 Å². The predicted molar refractivity (Wildman–Crippen MR) is 153 cm³/mol. The molecule has 3 heterocycles. The van der Waals surface area contributed by atoms with Crippen LogP contribution in [0.1, 0.15) is 60.6 Å². The van der Waals surface area contributed by atoms with Crippen LogP contribution in [0.4, 0.5) is 5.95 Å². The Morgan fingerprint density at radius 2 is 2.12 bits per heavy atom. The summed E-state index contributed by atoms with van der Waals surface area (Å²) in [7, 11) is -5.98. The SMILES string of the molecule is CC(C)NP(OCC1OC(n2cnc3c(=O)[nH]c(NC(=O)C(C)C)nc32)CC1OP(N)(=O)O)N(OCCC#N)C(C)C. The maximum atomic E-state index is 12.6. The Hall–Kier alpha value is -2.35. The zero-order chi connectivity index (χ0) is 31.2. The average molecular weight is 632 g/mol. The van der Waals surface area contributed by atoms with Crippen LogP contribution in [-0.2, 0) is 28.0 Å². The van der Waals surface area contributed by atoms with Crippen LogP contribution >= 0.6 is 16.2 Å². The number of hydrogen-bond donors (Lipinski definition) is 5. The van der Waals surface area contributed by atoms with Crippen molar-refractivity contribution < 1.29 is 32.9 Å². The minimum atomic E-state index is -4.42. The van der Waals surface area contributed by atoms with Crippen LogP contribution < -0.4 is 21.5 Å². The van der Waals surface area contributed by atoms with E-state index in [0.717, 1.165) is 0 Å². The first-order chi connectivity index (χ1) is 19.7. The number of hydroxylamine groups is 1. The first-order valence-corrected chi connectivity index (χ1v) is 16.3. The smallest absolute Gasteiger partial charge is 0.349 e. The van der Waals surface area contributed by atoms with Crippen LogP contribution in [0.5, 0.6) is 0 Å². The molecule has 2 aromatic rings. The summed E-state index contributed by atoms with van der Waals surface area (Å²) in [5.41, 5.74) is 4.90. The highest BCUT2D eigenvalue weighted by atomic mass is 31.2. The molecular weight excluding hydrogens is 592 g/mol. The Balaban J connectivity index is 1.87. The van der Waals surface area contributed by atoms with E-state index in [4.69, 9.17) is 29.4 Å². The maximum Gasteiger partial charge on any atom is 0.400 e. The number of rotatable bonds is 15. The molecule has 0 aliphatic carbocycles. The molecular formula is C23H39N9O8P2. The minimum Gasteiger partial charge on any atom is -0.349 e. The summed E-state index contributed by atoms with van der Waals surface area (Å²) in [6.07, 6.45) is -1.09. The molecule has 2 aromatic heterocycles. The van der Waals surface area contributed by atoms with Crippen LogP contribution in [-0.4, -0.2) is 72.7 Å². The Bertz CT molecular complexity index is 1360. The van der Waals surface area contributed by atoms with Crippen LogP contribution in [0.15, 0.2) is 11.1 Å². The van der Waals surface area contributed by atoms with E-state index < -0.39 is 40.2 Å². The number of imidazole rings is 1. The third-order valence-electron chi connectivity index (χ3n) is 5.76. The topological polar surface area (TPSA) is 232 Å². The van der Waals surface area contributed by atoms with E-state index in [2.05, 4.69) is 25.4 Å². The van der Waals surface area contributed by atoms with Crippen molar-refractivity contribution in [1.29, 1.82) is 5.26 Å². The Kier molecular flexibility index (Phi) is 12.1. The number of nitrogens with one attached hydrogen (secondary N) is 3. The highest BCUT2D eigenvalue weighted by Crippen LogP contribution is 2.45. The van der Waals surface area contributed by atoms with Gasteiger partial charge in [0.2, 0.25) is 20.3 Å². The number of aromatic amines is 1. The van der Waals surface area contributed by atoms with Gasteiger partial charge in [0.1, 0.15) is 18.4 Å². The van der Waals surface area contributed by atoms with E-state index in [1.807, 2.05) is 33.8 Å². The van der Waals surface area contributed by atoms with Gasteiger partial charge in [-0.1, -0.05) is 13.8 Å². The molecule has 0 spiro atoms. The summed E-state index contributed by atoms with van der Waals surface area (Å²) in [5, 5.41) is 14.8. The van der Waals surface area contributed by atoms with Crippen molar-refractivity contribution in [3.8, 4) is 6.07 Å². The first-order valence-electron chi connectivity index (χ1n) is 13.4. The molecule has 42 heavy (non-hydrogen) atoms. The summed E-state index contributed by atoms with van der Waals surface area (Å²) in [6, 6.07) is 1.94. The number of carbonyl (C=O) groups is 1. The molecule has 3 rings (SSSR count). The standard InChI is InChI=1S/C23H39N9O8P2/c1-13(2)21(33)28-23-27-20-19(22(34)29-23)26-12-31(20)18-10-16(40-42(25,35)36)17(39-18)11-38-41(30-14(3)4)32(15(5)6)37-9-7-8-24/h12-18,30H,7,9-11H2,1-6H3,(H3,25,35,36)(H2,27,28,29,33,34). The summed E-state index contributed by atoms with van der Waals surface area (Å²) in [6.45, 7) is 11.2. The average Bonchev–Trinajstić information content (AvgIpc) is 3.47. The van der Waals surface area contributed by atoms with E-state index in [1.54, 1.807) is 18.7 Å². The van der Waals surface area contributed by atoms with E-state index in [9.17, 15) is 19.0 Å². The predicted octanol–water partition coefficient (Wildman–Crippen LogP) is 2.24. The van der Waals surface area contributed by atoms with Crippen molar-refractivity contribution in [3.05, 3.63) is 16.7 Å². The van der Waals surface area contributed by atoms with Crippen LogP contribution in [0, 0.1) is 17.2 Å². The van der Waals surface area contributed by atoms with Gasteiger partial charge >= 0.3 is 7.75 Å². The third-order valence-corrected chi connectivity index (χ3v) is 8.40. The van der Waals surface area contributed by atoms with E-state index in [1.165, 1.54) is 10.9 Å². The van der Waals surface area contributed by atoms with Crippen molar-refractivity contribution in [1.82, 2.24) is 29.4 Å². The lowest BCUT2D eigenvalue weighted by atomic mass is 10.2. The molecule has 5 atom stereocenters. The highest BCUT2D eigenvalue weighted by molar-refractivity contribution is 7.50. The van der Waals surface area contributed by atoms with E-state index in [0.29, 0.717) is 0 Å². The second-order valence-corrected chi connectivity index (χ2v) is 13.2. The molecule has 234 valence electrons. The van der Waals surface area contributed by atoms with Crippen molar-refractivity contribution in [2.75, 3.05) is 18.5 Å². The molecule has 0 aromatic carbocycles. The number of nitrogens with zero attached hydrogens (tertiary/aromatic N) is 5. The summed E-state index contributed by atoms with van der Waals surface area (Å²) < 4.78 is 31.2. The molecule has 1 fully saturated rings. The number of ether oxygens (including phenoxy) is 1. The molecule has 0 saturated carbocycles. The monoisotopic (exact) mass is 631 g/mol. The fraction of sp³-hybridized carbons (Fsp3) is 0.696. The molecule has 0 bridgehead atoms. The van der Waals surface area contributed by atoms with Gasteiger partial charge in [-0.2, -0.15) is 10.2 Å². The van der Waals surface area contributed by atoms with Gasteiger partial charge in [-0.25, -0.2) is 15.1 Å². The molecule has 19 heteroatoms. The normalized spacial score (nSPS) is 21.4. The first kappa shape index (κ1) is 34.1. The van der Waals surface area contributed by atoms with Crippen LogP contribution in [0.3, 0.4) is 0 Å². The number of fused-ring (bicyclic) bond motifs is 1. The second kappa shape index (κ2) is 14.9.